The van der Waals surface area contributed by atoms with E-state index in [4.69, 9.17) is 4.99 Å². The highest BCUT2D eigenvalue weighted by atomic mass is 15.2. The van der Waals surface area contributed by atoms with Gasteiger partial charge in [0.15, 0.2) is 0 Å². The van der Waals surface area contributed by atoms with Crippen LogP contribution in [0.3, 0.4) is 0 Å². The van der Waals surface area contributed by atoms with E-state index < -0.39 is 0 Å². The molecule has 0 saturated heterocycles. The van der Waals surface area contributed by atoms with E-state index in [2.05, 4.69) is 69.7 Å². The highest BCUT2D eigenvalue weighted by Crippen LogP contribution is 2.46. The third kappa shape index (κ3) is 4.33. The van der Waals surface area contributed by atoms with Crippen molar-refractivity contribution in [2.75, 3.05) is 27.2 Å². The van der Waals surface area contributed by atoms with Crippen molar-refractivity contribution in [2.45, 2.75) is 58.3 Å². The van der Waals surface area contributed by atoms with Gasteiger partial charge in [0.05, 0.1) is 5.70 Å². The fourth-order valence-corrected chi connectivity index (χ4v) is 3.55. The first-order chi connectivity index (χ1) is 11.6. The Balaban J connectivity index is 2.31. The number of benzene rings is 1. The van der Waals surface area contributed by atoms with E-state index in [1.807, 2.05) is 14.0 Å². The van der Waals surface area contributed by atoms with Crippen molar-refractivity contribution in [3.8, 4) is 0 Å². The number of hydrogen-bond acceptors (Lipinski definition) is 2. The Hall–Kier alpha value is -1.61. The van der Waals surface area contributed by atoms with Gasteiger partial charge in [0.25, 0.3) is 0 Å². The van der Waals surface area contributed by atoms with E-state index in [0.29, 0.717) is 0 Å². The van der Waals surface area contributed by atoms with E-state index in [-0.39, 0.29) is 10.8 Å². The summed E-state index contributed by atoms with van der Waals surface area (Å²) in [5, 5.41) is 3.17. The minimum absolute atomic E-state index is 0.212. The van der Waals surface area contributed by atoms with Crippen molar-refractivity contribution >= 4 is 11.5 Å². The monoisotopic (exact) mass is 341 g/mol. The molecule has 0 fully saturated rings. The molecular weight excluding hydrogens is 306 g/mol. The minimum atomic E-state index is 0.212. The van der Waals surface area contributed by atoms with Gasteiger partial charge < -0.3 is 10.2 Å². The largest absolute Gasteiger partial charge is 0.362 e. The lowest BCUT2D eigenvalue weighted by Gasteiger charge is -2.42. The van der Waals surface area contributed by atoms with E-state index in [9.17, 15) is 0 Å². The molecule has 25 heavy (non-hydrogen) atoms. The normalized spacial score (nSPS) is 18.6. The summed E-state index contributed by atoms with van der Waals surface area (Å²) < 4.78 is 0. The van der Waals surface area contributed by atoms with Crippen LogP contribution in [0.15, 0.2) is 29.8 Å². The second-order valence-corrected chi connectivity index (χ2v) is 8.66. The van der Waals surface area contributed by atoms with Crippen LogP contribution in [0.4, 0.5) is 0 Å². The average molecular weight is 342 g/mol. The molecule has 0 heterocycles. The molecule has 0 saturated carbocycles. The number of nitrogens with zero attached hydrogens (tertiary/aromatic N) is 2. The topological polar surface area (TPSA) is 27.6 Å². The van der Waals surface area contributed by atoms with Gasteiger partial charge in [-0.2, -0.15) is 0 Å². The first-order valence-electron chi connectivity index (χ1n) is 9.34. The van der Waals surface area contributed by atoms with Gasteiger partial charge in [0.2, 0.25) is 0 Å². The molecule has 0 amide bonds. The summed E-state index contributed by atoms with van der Waals surface area (Å²) >= 11 is 0. The maximum Gasteiger partial charge on any atom is 0.101 e. The number of likely N-dealkylation sites (N-methyl/N-ethyl adjacent to an activating group) is 2. The van der Waals surface area contributed by atoms with Crippen molar-refractivity contribution in [3.63, 3.8) is 0 Å². The number of aliphatic imine (C=N–C) groups is 1. The molecule has 0 spiro atoms. The molecule has 1 aromatic rings. The van der Waals surface area contributed by atoms with Gasteiger partial charge in [-0.25, -0.2) is 4.99 Å². The van der Waals surface area contributed by atoms with Gasteiger partial charge in [0, 0.05) is 20.1 Å². The molecule has 0 unspecified atom stereocenters. The zero-order chi connectivity index (χ0) is 18.8. The lowest BCUT2D eigenvalue weighted by Crippen LogP contribution is -2.33. The molecule has 1 aliphatic carbocycles. The quantitative estimate of drug-likeness (QED) is 0.627. The van der Waals surface area contributed by atoms with Crippen LogP contribution in [-0.2, 0) is 10.8 Å². The number of amidine groups is 1. The summed E-state index contributed by atoms with van der Waals surface area (Å²) in [4.78, 5) is 6.91. The molecule has 0 bridgehead atoms. The molecule has 1 aromatic carbocycles. The fourth-order valence-electron chi connectivity index (χ4n) is 3.55. The molecule has 1 aliphatic rings. The Morgan fingerprint density at radius 2 is 1.76 bits per heavy atom. The Labute approximate surface area is 154 Å². The van der Waals surface area contributed by atoms with Crippen LogP contribution in [0.1, 0.15) is 64.2 Å². The van der Waals surface area contributed by atoms with Crippen molar-refractivity contribution < 1.29 is 0 Å². The van der Waals surface area contributed by atoms with E-state index in [1.165, 1.54) is 24.0 Å². The molecule has 0 aromatic heterocycles. The van der Waals surface area contributed by atoms with Crippen molar-refractivity contribution in [2.24, 2.45) is 4.99 Å². The van der Waals surface area contributed by atoms with Gasteiger partial charge in [-0.3, -0.25) is 0 Å². The summed E-state index contributed by atoms with van der Waals surface area (Å²) in [6.07, 6.45) is 2.46. The number of fused-ring (bicyclic) bond motifs is 1. The molecule has 3 nitrogen and oxygen atoms in total. The van der Waals surface area contributed by atoms with Crippen LogP contribution in [0.5, 0.6) is 0 Å². The van der Waals surface area contributed by atoms with Crippen LogP contribution in [0.25, 0.3) is 5.70 Å². The summed E-state index contributed by atoms with van der Waals surface area (Å²) in [5.74, 6) is 0.998. The van der Waals surface area contributed by atoms with Crippen molar-refractivity contribution in [1.29, 1.82) is 0 Å². The van der Waals surface area contributed by atoms with Crippen LogP contribution in [0.2, 0.25) is 0 Å². The fraction of sp³-hybridized carbons (Fsp3) is 0.591. The van der Waals surface area contributed by atoms with Crippen LogP contribution in [0, 0.1) is 0 Å². The summed E-state index contributed by atoms with van der Waals surface area (Å²) in [5.41, 5.74) is 5.37. The lowest BCUT2D eigenvalue weighted by molar-refractivity contribution is 0.332. The maximum atomic E-state index is 4.75. The predicted octanol–water partition coefficient (Wildman–Crippen LogP) is 4.58. The van der Waals surface area contributed by atoms with Gasteiger partial charge in [0.1, 0.15) is 5.84 Å². The number of rotatable bonds is 5. The maximum absolute atomic E-state index is 4.75. The van der Waals surface area contributed by atoms with E-state index in [0.717, 1.165) is 30.2 Å². The summed E-state index contributed by atoms with van der Waals surface area (Å²) in [6.45, 7) is 17.6. The summed E-state index contributed by atoms with van der Waals surface area (Å²) in [7, 11) is 4.04. The number of nitrogens with one attached hydrogen (secondary N) is 1. The van der Waals surface area contributed by atoms with Gasteiger partial charge in [-0.1, -0.05) is 46.4 Å². The number of hydrogen-bond donors (Lipinski definition) is 1. The smallest absolute Gasteiger partial charge is 0.101 e. The summed E-state index contributed by atoms with van der Waals surface area (Å²) in [6, 6.07) is 6.81. The predicted molar refractivity (Wildman–Crippen MR) is 110 cm³/mol. The van der Waals surface area contributed by atoms with Crippen LogP contribution in [-0.4, -0.2) is 37.9 Å². The second-order valence-electron chi connectivity index (χ2n) is 8.66. The molecular formula is C22H35N3. The molecule has 2 rings (SSSR count). The van der Waals surface area contributed by atoms with Gasteiger partial charge in [-0.15, -0.1) is 0 Å². The molecule has 0 radical (unpaired) electrons. The SMILES string of the molecule is C=C(N=C(C)N(C)CCNC)c1ccc2c(c1)C(C)(C)CCC2(C)C. The third-order valence-corrected chi connectivity index (χ3v) is 5.73. The minimum Gasteiger partial charge on any atom is -0.362 e. The molecule has 0 aliphatic heterocycles. The van der Waals surface area contributed by atoms with Crippen molar-refractivity contribution in [3.05, 3.63) is 41.5 Å². The molecule has 3 heteroatoms. The lowest BCUT2D eigenvalue weighted by atomic mass is 9.63. The molecule has 1 N–H and O–H groups in total. The molecule has 0 atom stereocenters. The molecule has 138 valence electrons. The first-order valence-corrected chi connectivity index (χ1v) is 9.34. The standard InChI is InChI=1S/C22H35N3/c1-16(24-17(2)25(8)14-13-23-7)18-9-10-19-20(15-18)22(5,6)12-11-21(19,3)4/h9-10,15,23H,1,11-14H2,2-8H3. The van der Waals surface area contributed by atoms with E-state index >= 15 is 0 Å². The van der Waals surface area contributed by atoms with Gasteiger partial charge >= 0.3 is 0 Å². The zero-order valence-electron chi connectivity index (χ0n) is 17.2. The Bertz CT molecular complexity index is 668. The third-order valence-electron chi connectivity index (χ3n) is 5.73. The van der Waals surface area contributed by atoms with Crippen LogP contribution >= 0.6 is 0 Å². The highest BCUT2D eigenvalue weighted by molar-refractivity contribution is 5.85. The Kier molecular flexibility index (Phi) is 5.78. The Morgan fingerprint density at radius 1 is 1.16 bits per heavy atom. The van der Waals surface area contributed by atoms with E-state index in [1.54, 1.807) is 0 Å². The Morgan fingerprint density at radius 3 is 2.36 bits per heavy atom. The average Bonchev–Trinajstić information content (AvgIpc) is 2.56. The second kappa shape index (κ2) is 7.33. The van der Waals surface area contributed by atoms with Crippen molar-refractivity contribution in [1.82, 2.24) is 10.2 Å². The first kappa shape index (κ1) is 19.7. The zero-order valence-corrected chi connectivity index (χ0v) is 17.2. The highest BCUT2D eigenvalue weighted by Gasteiger charge is 2.36. The van der Waals surface area contributed by atoms with Crippen LogP contribution < -0.4 is 5.32 Å². The van der Waals surface area contributed by atoms with Gasteiger partial charge in [-0.05, 0) is 60.4 Å².